The normalized spacial score (nSPS) is 11.2. The summed E-state index contributed by atoms with van der Waals surface area (Å²) in [7, 11) is 0. The van der Waals surface area contributed by atoms with Crippen molar-refractivity contribution in [2.75, 3.05) is 11.9 Å². The number of hydrogen-bond donors (Lipinski definition) is 2. The van der Waals surface area contributed by atoms with Gasteiger partial charge in [0.1, 0.15) is 0 Å². The molecule has 16 heavy (non-hydrogen) atoms. The molecule has 0 saturated carbocycles. The Hall–Kier alpha value is -1.09. The first-order valence-corrected chi connectivity index (χ1v) is 5.94. The van der Waals surface area contributed by atoms with Gasteiger partial charge in [-0.1, -0.05) is 51.2 Å². The Labute approximate surface area is 103 Å². The summed E-state index contributed by atoms with van der Waals surface area (Å²) < 4.78 is 0. The molecule has 0 saturated heterocycles. The number of para-hydroxylation sites is 1. The monoisotopic (exact) mass is 236 g/mol. The van der Waals surface area contributed by atoms with Crippen LogP contribution in [0.3, 0.4) is 0 Å². The number of nitrogens with one attached hydrogen (secondary N) is 1. The highest BCUT2D eigenvalue weighted by Gasteiger charge is 2.16. The fourth-order valence-corrected chi connectivity index (χ4v) is 1.71. The van der Waals surface area contributed by atoms with E-state index in [1.165, 1.54) is 11.3 Å². The van der Waals surface area contributed by atoms with Crippen molar-refractivity contribution in [3.8, 4) is 0 Å². The van der Waals surface area contributed by atoms with E-state index in [2.05, 4.69) is 44.3 Å². The van der Waals surface area contributed by atoms with Gasteiger partial charge in [0.25, 0.3) is 0 Å². The zero-order valence-corrected chi connectivity index (χ0v) is 11.0. The fourth-order valence-electron chi connectivity index (χ4n) is 1.61. The highest BCUT2D eigenvalue weighted by molar-refractivity contribution is 7.80. The highest BCUT2D eigenvalue weighted by Crippen LogP contribution is 2.28. The number of nitrogens with two attached hydrogens (primary N) is 1. The van der Waals surface area contributed by atoms with E-state index in [-0.39, 0.29) is 5.41 Å². The van der Waals surface area contributed by atoms with Crippen LogP contribution in [-0.4, -0.2) is 11.5 Å². The van der Waals surface area contributed by atoms with Crippen molar-refractivity contribution in [1.82, 2.24) is 0 Å². The van der Waals surface area contributed by atoms with Crippen LogP contribution in [0.1, 0.15) is 32.8 Å². The maximum atomic E-state index is 5.47. The van der Waals surface area contributed by atoms with Gasteiger partial charge >= 0.3 is 0 Å². The molecule has 0 aliphatic heterocycles. The lowest BCUT2D eigenvalue weighted by Gasteiger charge is -2.23. The van der Waals surface area contributed by atoms with Crippen molar-refractivity contribution in [2.45, 2.75) is 32.6 Å². The molecule has 0 atom stereocenters. The van der Waals surface area contributed by atoms with Gasteiger partial charge < -0.3 is 11.1 Å². The van der Waals surface area contributed by atoms with Crippen LogP contribution in [0, 0.1) is 0 Å². The third-order valence-corrected chi connectivity index (χ3v) is 2.63. The van der Waals surface area contributed by atoms with Gasteiger partial charge in [0.05, 0.1) is 4.99 Å². The molecule has 0 amide bonds. The topological polar surface area (TPSA) is 38.0 Å². The lowest BCUT2D eigenvalue weighted by Crippen LogP contribution is -2.18. The number of benzene rings is 1. The molecule has 0 radical (unpaired) electrons. The second kappa shape index (κ2) is 5.30. The molecular formula is C13H20N2S. The van der Waals surface area contributed by atoms with E-state index in [4.69, 9.17) is 18.0 Å². The van der Waals surface area contributed by atoms with Crippen molar-refractivity contribution < 1.29 is 0 Å². The quantitative estimate of drug-likeness (QED) is 0.789. The minimum Gasteiger partial charge on any atom is -0.393 e. The van der Waals surface area contributed by atoms with Gasteiger partial charge in [-0.3, -0.25) is 0 Å². The summed E-state index contributed by atoms with van der Waals surface area (Å²) in [5.74, 6) is 0. The van der Waals surface area contributed by atoms with Crippen molar-refractivity contribution in [2.24, 2.45) is 5.73 Å². The summed E-state index contributed by atoms with van der Waals surface area (Å²) >= 11 is 4.85. The second-order valence-corrected chi connectivity index (χ2v) is 5.46. The maximum Gasteiger partial charge on any atom is 0.0745 e. The molecule has 0 aliphatic carbocycles. The van der Waals surface area contributed by atoms with Crippen LogP contribution >= 0.6 is 12.2 Å². The fraction of sp³-hybridized carbons (Fsp3) is 0.462. The van der Waals surface area contributed by atoms with Crippen LogP contribution in [0.15, 0.2) is 24.3 Å². The molecule has 0 heterocycles. The van der Waals surface area contributed by atoms with Crippen LogP contribution in [-0.2, 0) is 5.41 Å². The Balaban J connectivity index is 2.76. The Kier molecular flexibility index (Phi) is 4.30. The first-order valence-electron chi connectivity index (χ1n) is 5.53. The smallest absolute Gasteiger partial charge is 0.0745 e. The van der Waals surface area contributed by atoms with Crippen molar-refractivity contribution in [1.29, 1.82) is 0 Å². The predicted octanol–water partition coefficient (Wildman–Crippen LogP) is 3.07. The lowest BCUT2D eigenvalue weighted by atomic mass is 9.86. The predicted molar refractivity (Wildman–Crippen MR) is 75.0 cm³/mol. The Morgan fingerprint density at radius 2 is 1.94 bits per heavy atom. The van der Waals surface area contributed by atoms with Gasteiger partial charge in [-0.2, -0.15) is 0 Å². The molecule has 1 rings (SSSR count). The van der Waals surface area contributed by atoms with Crippen molar-refractivity contribution in [3.63, 3.8) is 0 Å². The first kappa shape index (κ1) is 13.0. The van der Waals surface area contributed by atoms with E-state index >= 15 is 0 Å². The lowest BCUT2D eigenvalue weighted by molar-refractivity contribution is 0.591. The molecule has 0 unspecified atom stereocenters. The molecule has 1 aromatic carbocycles. The molecule has 0 fully saturated rings. The number of anilines is 1. The maximum absolute atomic E-state index is 5.47. The third-order valence-electron chi connectivity index (χ3n) is 2.42. The molecule has 0 bridgehead atoms. The van der Waals surface area contributed by atoms with Crippen molar-refractivity contribution in [3.05, 3.63) is 29.8 Å². The van der Waals surface area contributed by atoms with Crippen molar-refractivity contribution >= 4 is 22.9 Å². The number of rotatable bonds is 4. The molecule has 88 valence electrons. The van der Waals surface area contributed by atoms with Crippen LogP contribution in [0.5, 0.6) is 0 Å². The minimum atomic E-state index is 0.146. The van der Waals surface area contributed by atoms with E-state index in [9.17, 15) is 0 Å². The largest absolute Gasteiger partial charge is 0.393 e. The van der Waals surface area contributed by atoms with Gasteiger partial charge in [0, 0.05) is 18.7 Å². The summed E-state index contributed by atoms with van der Waals surface area (Å²) in [5.41, 5.74) is 8.11. The van der Waals surface area contributed by atoms with Gasteiger partial charge in [-0.15, -0.1) is 0 Å². The van der Waals surface area contributed by atoms with Gasteiger partial charge in [-0.05, 0) is 17.0 Å². The average molecular weight is 236 g/mol. The van der Waals surface area contributed by atoms with E-state index < -0.39 is 0 Å². The summed E-state index contributed by atoms with van der Waals surface area (Å²) in [4.78, 5) is 0.556. The molecule has 0 spiro atoms. The Morgan fingerprint density at radius 3 is 2.50 bits per heavy atom. The van der Waals surface area contributed by atoms with E-state index in [1.807, 2.05) is 6.07 Å². The standard InChI is InChI=1S/C13H20N2S/c1-13(2,3)10-6-4-5-7-11(10)15-9-8-12(14)16/h4-7,15H,8-9H2,1-3H3,(H2,14,16). The highest BCUT2D eigenvalue weighted by atomic mass is 32.1. The first-order chi connectivity index (χ1) is 7.41. The zero-order valence-electron chi connectivity index (χ0n) is 10.2. The molecule has 3 N–H and O–H groups in total. The zero-order chi connectivity index (χ0) is 12.2. The molecule has 0 aromatic heterocycles. The molecular weight excluding hydrogens is 216 g/mol. The second-order valence-electron chi connectivity index (χ2n) is 4.94. The third kappa shape index (κ3) is 3.81. The Morgan fingerprint density at radius 1 is 1.31 bits per heavy atom. The van der Waals surface area contributed by atoms with Gasteiger partial charge in [0.2, 0.25) is 0 Å². The summed E-state index contributed by atoms with van der Waals surface area (Å²) in [6.07, 6.45) is 0.730. The molecule has 2 nitrogen and oxygen atoms in total. The SMILES string of the molecule is CC(C)(C)c1ccccc1NCCC(N)=S. The van der Waals surface area contributed by atoms with Crippen LogP contribution < -0.4 is 11.1 Å². The molecule has 3 heteroatoms. The van der Waals surface area contributed by atoms with E-state index in [1.54, 1.807) is 0 Å². The van der Waals surface area contributed by atoms with Gasteiger partial charge in [0.15, 0.2) is 0 Å². The molecule has 0 aliphatic rings. The minimum absolute atomic E-state index is 0.146. The summed E-state index contributed by atoms with van der Waals surface area (Å²) in [5, 5.41) is 3.38. The van der Waals surface area contributed by atoms with E-state index in [0.717, 1.165) is 13.0 Å². The van der Waals surface area contributed by atoms with Crippen LogP contribution in [0.2, 0.25) is 0 Å². The van der Waals surface area contributed by atoms with Crippen LogP contribution in [0.25, 0.3) is 0 Å². The van der Waals surface area contributed by atoms with E-state index in [0.29, 0.717) is 4.99 Å². The number of thiocarbonyl (C=S) groups is 1. The van der Waals surface area contributed by atoms with Gasteiger partial charge in [-0.25, -0.2) is 0 Å². The average Bonchev–Trinajstić information content (AvgIpc) is 2.16. The summed E-state index contributed by atoms with van der Waals surface area (Å²) in [6.45, 7) is 7.42. The molecule has 1 aromatic rings. The number of hydrogen-bond acceptors (Lipinski definition) is 2. The Bertz CT molecular complexity index is 366. The summed E-state index contributed by atoms with van der Waals surface area (Å²) in [6, 6.07) is 8.36. The van der Waals surface area contributed by atoms with Crippen LogP contribution in [0.4, 0.5) is 5.69 Å².